The first kappa shape index (κ1) is 10.9. The molecule has 0 amide bonds. The highest BCUT2D eigenvalue weighted by atomic mass is 32.2. The number of likely N-dealkylation sites (tertiary alicyclic amines) is 1. The summed E-state index contributed by atoms with van der Waals surface area (Å²) in [7, 11) is -3.84. The summed E-state index contributed by atoms with van der Waals surface area (Å²) in [5, 5.41) is 9.16. The highest BCUT2D eigenvalue weighted by Crippen LogP contribution is 2.09. The second-order valence-corrected chi connectivity index (χ2v) is 4.93. The molecule has 0 atom stereocenters. The van der Waals surface area contributed by atoms with E-state index in [2.05, 4.69) is 0 Å². The Morgan fingerprint density at radius 3 is 2.31 bits per heavy atom. The molecule has 1 rings (SSSR count). The molecule has 1 aliphatic rings. The Morgan fingerprint density at radius 1 is 1.31 bits per heavy atom. The predicted octanol–water partition coefficient (Wildman–Crippen LogP) is -0.669. The van der Waals surface area contributed by atoms with E-state index in [-0.39, 0.29) is 11.9 Å². The minimum atomic E-state index is -3.84. The smallest absolute Gasteiger partial charge is 0.266 e. The second-order valence-electron chi connectivity index (χ2n) is 3.36. The molecule has 0 aromatic heterocycles. The molecule has 2 N–H and O–H groups in total. The Balaban J connectivity index is 2.24. The maximum absolute atomic E-state index is 10.4. The number of piperidine rings is 1. The Kier molecular flexibility index (Phi) is 3.66. The van der Waals surface area contributed by atoms with E-state index in [1.807, 2.05) is 4.90 Å². The monoisotopic (exact) mass is 209 g/mol. The summed E-state index contributed by atoms with van der Waals surface area (Å²) in [5.41, 5.74) is 0. The lowest BCUT2D eigenvalue weighted by molar-refractivity contribution is 0.0854. The zero-order chi connectivity index (χ0) is 9.90. The van der Waals surface area contributed by atoms with Crippen LogP contribution in [0.5, 0.6) is 0 Å². The minimum Gasteiger partial charge on any atom is -0.393 e. The molecule has 0 aliphatic carbocycles. The summed E-state index contributed by atoms with van der Waals surface area (Å²) in [4.78, 5) is 1.93. The molecule has 0 radical (unpaired) electrons. The van der Waals surface area contributed by atoms with Gasteiger partial charge in [-0.05, 0) is 12.8 Å². The number of aliphatic hydroxyl groups excluding tert-OH is 1. The average molecular weight is 209 g/mol. The molecule has 0 saturated carbocycles. The van der Waals surface area contributed by atoms with Crippen LogP contribution in [0.15, 0.2) is 0 Å². The molecule has 5 nitrogen and oxygen atoms in total. The van der Waals surface area contributed by atoms with Crippen molar-refractivity contribution in [3.8, 4) is 0 Å². The number of rotatable bonds is 3. The van der Waals surface area contributed by atoms with E-state index in [1.165, 1.54) is 0 Å². The van der Waals surface area contributed by atoms with Gasteiger partial charge in [0.25, 0.3) is 10.1 Å². The number of hydrogen-bond acceptors (Lipinski definition) is 4. The van der Waals surface area contributed by atoms with Crippen molar-refractivity contribution >= 4 is 10.1 Å². The van der Waals surface area contributed by atoms with Crippen LogP contribution in [0.3, 0.4) is 0 Å². The van der Waals surface area contributed by atoms with E-state index in [1.54, 1.807) is 0 Å². The van der Waals surface area contributed by atoms with Gasteiger partial charge in [0.2, 0.25) is 0 Å². The van der Waals surface area contributed by atoms with Crippen LogP contribution in [0, 0.1) is 0 Å². The molecule has 78 valence electrons. The molecule has 6 heteroatoms. The highest BCUT2D eigenvalue weighted by Gasteiger charge is 2.17. The molecular formula is C7H15NO4S. The van der Waals surface area contributed by atoms with E-state index in [9.17, 15) is 8.42 Å². The summed E-state index contributed by atoms with van der Waals surface area (Å²) < 4.78 is 29.3. The van der Waals surface area contributed by atoms with Gasteiger partial charge in [0, 0.05) is 19.6 Å². The standard InChI is InChI=1S/C7H15NO4S/c9-7-1-3-8(4-2-7)5-6-13(10,11)12/h7,9H,1-6H2,(H,10,11,12). The molecular weight excluding hydrogens is 194 g/mol. The molecule has 1 heterocycles. The van der Waals surface area contributed by atoms with E-state index in [0.717, 1.165) is 0 Å². The lowest BCUT2D eigenvalue weighted by Crippen LogP contribution is -2.38. The molecule has 0 aromatic carbocycles. The van der Waals surface area contributed by atoms with Crippen molar-refractivity contribution in [1.82, 2.24) is 4.90 Å². The van der Waals surface area contributed by atoms with Crippen molar-refractivity contribution < 1.29 is 18.1 Å². The number of nitrogens with zero attached hydrogens (tertiary/aromatic N) is 1. The fourth-order valence-corrected chi connectivity index (χ4v) is 1.88. The first-order valence-corrected chi connectivity index (χ1v) is 5.94. The topological polar surface area (TPSA) is 77.8 Å². The quantitative estimate of drug-likeness (QED) is 0.603. The molecule has 0 aromatic rings. The van der Waals surface area contributed by atoms with Crippen molar-refractivity contribution in [2.45, 2.75) is 18.9 Å². The lowest BCUT2D eigenvalue weighted by atomic mass is 10.1. The zero-order valence-corrected chi connectivity index (χ0v) is 8.20. The third kappa shape index (κ3) is 4.56. The second kappa shape index (κ2) is 4.36. The first-order valence-electron chi connectivity index (χ1n) is 4.33. The van der Waals surface area contributed by atoms with E-state index in [0.29, 0.717) is 32.5 Å². The normalized spacial score (nSPS) is 22.0. The molecule has 0 unspecified atom stereocenters. The van der Waals surface area contributed by atoms with Gasteiger partial charge in [-0.15, -0.1) is 0 Å². The van der Waals surface area contributed by atoms with Crippen molar-refractivity contribution in [2.24, 2.45) is 0 Å². The van der Waals surface area contributed by atoms with Gasteiger partial charge in [0.05, 0.1) is 11.9 Å². The molecule has 1 aliphatic heterocycles. The van der Waals surface area contributed by atoms with Crippen LogP contribution in [-0.2, 0) is 10.1 Å². The molecule has 1 fully saturated rings. The van der Waals surface area contributed by atoms with Crippen molar-refractivity contribution in [2.75, 3.05) is 25.4 Å². The molecule has 13 heavy (non-hydrogen) atoms. The van der Waals surface area contributed by atoms with Crippen LogP contribution in [0.4, 0.5) is 0 Å². The van der Waals surface area contributed by atoms with Gasteiger partial charge in [0.15, 0.2) is 0 Å². The Morgan fingerprint density at radius 2 is 1.85 bits per heavy atom. The van der Waals surface area contributed by atoms with Gasteiger partial charge in [0.1, 0.15) is 0 Å². The minimum absolute atomic E-state index is 0.219. The van der Waals surface area contributed by atoms with Gasteiger partial charge < -0.3 is 10.0 Å². The summed E-state index contributed by atoms with van der Waals surface area (Å²) in [6.45, 7) is 1.76. The summed E-state index contributed by atoms with van der Waals surface area (Å²) in [6.07, 6.45) is 1.12. The van der Waals surface area contributed by atoms with E-state index in [4.69, 9.17) is 9.66 Å². The van der Waals surface area contributed by atoms with Crippen molar-refractivity contribution in [3.05, 3.63) is 0 Å². The Labute approximate surface area is 78.1 Å². The first-order chi connectivity index (χ1) is 5.97. The van der Waals surface area contributed by atoms with Crippen LogP contribution < -0.4 is 0 Å². The Bertz CT molecular complexity index is 243. The fraction of sp³-hybridized carbons (Fsp3) is 1.00. The van der Waals surface area contributed by atoms with Gasteiger partial charge in [-0.3, -0.25) is 4.55 Å². The zero-order valence-electron chi connectivity index (χ0n) is 7.39. The van der Waals surface area contributed by atoms with Crippen LogP contribution in [0.25, 0.3) is 0 Å². The fourth-order valence-electron chi connectivity index (χ4n) is 1.39. The Hall–Kier alpha value is -0.170. The molecule has 0 spiro atoms. The van der Waals surface area contributed by atoms with Crippen LogP contribution >= 0.6 is 0 Å². The van der Waals surface area contributed by atoms with E-state index >= 15 is 0 Å². The van der Waals surface area contributed by atoms with Crippen LogP contribution in [0.1, 0.15) is 12.8 Å². The predicted molar refractivity (Wildman–Crippen MR) is 48.1 cm³/mol. The third-order valence-corrected chi connectivity index (χ3v) is 2.92. The SMILES string of the molecule is O=S(=O)(O)CCN1CCC(O)CC1. The van der Waals surface area contributed by atoms with Gasteiger partial charge in [-0.1, -0.05) is 0 Å². The van der Waals surface area contributed by atoms with Gasteiger partial charge in [-0.25, -0.2) is 0 Å². The van der Waals surface area contributed by atoms with Gasteiger partial charge in [-0.2, -0.15) is 8.42 Å². The maximum Gasteiger partial charge on any atom is 0.266 e. The lowest BCUT2D eigenvalue weighted by Gasteiger charge is -2.28. The summed E-state index contributed by atoms with van der Waals surface area (Å²) >= 11 is 0. The molecule has 1 saturated heterocycles. The summed E-state index contributed by atoms with van der Waals surface area (Å²) in [5.74, 6) is -0.219. The van der Waals surface area contributed by atoms with Crippen LogP contribution in [0.2, 0.25) is 0 Å². The highest BCUT2D eigenvalue weighted by molar-refractivity contribution is 7.85. The number of aliphatic hydroxyl groups is 1. The summed E-state index contributed by atoms with van der Waals surface area (Å²) in [6, 6.07) is 0. The number of hydrogen-bond donors (Lipinski definition) is 2. The van der Waals surface area contributed by atoms with Crippen molar-refractivity contribution in [1.29, 1.82) is 0 Å². The van der Waals surface area contributed by atoms with Crippen molar-refractivity contribution in [3.63, 3.8) is 0 Å². The van der Waals surface area contributed by atoms with Crippen LogP contribution in [-0.4, -0.2) is 54.5 Å². The van der Waals surface area contributed by atoms with Gasteiger partial charge >= 0.3 is 0 Å². The third-order valence-electron chi connectivity index (χ3n) is 2.22. The van der Waals surface area contributed by atoms with E-state index < -0.39 is 10.1 Å². The maximum atomic E-state index is 10.4. The average Bonchev–Trinajstić information content (AvgIpc) is 2.02. The largest absolute Gasteiger partial charge is 0.393 e. The molecule has 0 bridgehead atoms.